The molecule has 1 aromatic carbocycles. The van der Waals surface area contributed by atoms with Crippen LogP contribution in [0.3, 0.4) is 0 Å². The van der Waals surface area contributed by atoms with Gasteiger partial charge in [0.05, 0.1) is 12.0 Å². The minimum Gasteiger partial charge on any atom is -0.491 e. The SMILES string of the molecule is C=CC(=O)N1CCC(c2c(-c3ccc(OCCOC)cc3)c3c(N)ncnc3n2C)C1. The fraction of sp³-hybridized carbons (Fsp3) is 0.348. The van der Waals surface area contributed by atoms with Crippen LogP contribution in [0, 0.1) is 0 Å². The highest BCUT2D eigenvalue weighted by molar-refractivity contribution is 6.02. The van der Waals surface area contributed by atoms with Gasteiger partial charge in [0, 0.05) is 44.4 Å². The summed E-state index contributed by atoms with van der Waals surface area (Å²) in [6.07, 6.45) is 3.72. The van der Waals surface area contributed by atoms with Crippen molar-refractivity contribution in [3.63, 3.8) is 0 Å². The molecule has 4 rings (SSSR count). The Morgan fingerprint density at radius 1 is 1.29 bits per heavy atom. The predicted octanol–water partition coefficient (Wildman–Crippen LogP) is 2.74. The number of hydrogen-bond acceptors (Lipinski definition) is 6. The van der Waals surface area contributed by atoms with E-state index in [1.165, 1.54) is 12.4 Å². The number of nitrogen functional groups attached to an aromatic ring is 1. The molecule has 1 aliphatic rings. The van der Waals surface area contributed by atoms with Crippen LogP contribution in [0.25, 0.3) is 22.2 Å². The number of benzene rings is 1. The maximum Gasteiger partial charge on any atom is 0.245 e. The number of ether oxygens (including phenoxy) is 2. The highest BCUT2D eigenvalue weighted by Crippen LogP contribution is 2.42. The number of nitrogens with two attached hydrogens (primary N) is 1. The summed E-state index contributed by atoms with van der Waals surface area (Å²) < 4.78 is 12.8. The van der Waals surface area contributed by atoms with Gasteiger partial charge in [0.1, 0.15) is 30.1 Å². The number of aryl methyl sites for hydroxylation is 1. The highest BCUT2D eigenvalue weighted by atomic mass is 16.5. The first-order chi connectivity index (χ1) is 15.0. The van der Waals surface area contributed by atoms with E-state index in [1.54, 1.807) is 7.11 Å². The molecule has 3 aromatic rings. The van der Waals surface area contributed by atoms with Crippen molar-refractivity contribution < 1.29 is 14.3 Å². The van der Waals surface area contributed by atoms with Crippen molar-refractivity contribution in [2.24, 2.45) is 7.05 Å². The molecule has 1 amide bonds. The molecular weight excluding hydrogens is 394 g/mol. The van der Waals surface area contributed by atoms with Crippen molar-refractivity contribution in [3.05, 3.63) is 48.9 Å². The molecule has 8 heteroatoms. The van der Waals surface area contributed by atoms with E-state index in [2.05, 4.69) is 21.1 Å². The van der Waals surface area contributed by atoms with E-state index >= 15 is 0 Å². The molecule has 2 aromatic heterocycles. The van der Waals surface area contributed by atoms with Crippen LogP contribution in [0.5, 0.6) is 5.75 Å². The summed E-state index contributed by atoms with van der Waals surface area (Å²) in [6, 6.07) is 7.93. The lowest BCUT2D eigenvalue weighted by molar-refractivity contribution is -0.125. The van der Waals surface area contributed by atoms with Crippen LogP contribution in [0.2, 0.25) is 0 Å². The molecule has 1 atom stereocenters. The van der Waals surface area contributed by atoms with Crippen LogP contribution in [0.15, 0.2) is 43.2 Å². The van der Waals surface area contributed by atoms with Crippen molar-refractivity contribution >= 4 is 22.8 Å². The molecule has 3 heterocycles. The lowest BCUT2D eigenvalue weighted by atomic mass is 9.94. The van der Waals surface area contributed by atoms with Crippen LogP contribution in [0.4, 0.5) is 5.82 Å². The minimum atomic E-state index is -0.0420. The molecule has 0 aliphatic carbocycles. The zero-order valence-electron chi connectivity index (χ0n) is 17.9. The van der Waals surface area contributed by atoms with Crippen molar-refractivity contribution in [3.8, 4) is 16.9 Å². The number of carbonyl (C=O) groups is 1. The maximum absolute atomic E-state index is 12.1. The lowest BCUT2D eigenvalue weighted by Gasteiger charge is -2.17. The Hall–Kier alpha value is -3.39. The molecule has 31 heavy (non-hydrogen) atoms. The summed E-state index contributed by atoms with van der Waals surface area (Å²) in [6.45, 7) is 5.97. The van der Waals surface area contributed by atoms with Gasteiger partial charge >= 0.3 is 0 Å². The van der Waals surface area contributed by atoms with Crippen molar-refractivity contribution in [2.75, 3.05) is 39.1 Å². The molecule has 1 aliphatic heterocycles. The number of likely N-dealkylation sites (tertiary alicyclic amines) is 1. The van der Waals surface area contributed by atoms with Gasteiger partial charge in [0.2, 0.25) is 5.91 Å². The van der Waals surface area contributed by atoms with Gasteiger partial charge in [-0.2, -0.15) is 0 Å². The molecule has 8 nitrogen and oxygen atoms in total. The van der Waals surface area contributed by atoms with E-state index in [1.807, 2.05) is 36.2 Å². The molecular formula is C23H27N5O3. The first-order valence-electron chi connectivity index (χ1n) is 10.3. The van der Waals surface area contributed by atoms with Gasteiger partial charge in [-0.05, 0) is 30.2 Å². The summed E-state index contributed by atoms with van der Waals surface area (Å²) in [5, 5.41) is 0.835. The number of fused-ring (bicyclic) bond motifs is 1. The van der Waals surface area contributed by atoms with Crippen LogP contribution >= 0.6 is 0 Å². The first-order valence-corrected chi connectivity index (χ1v) is 10.3. The average Bonchev–Trinajstić information content (AvgIpc) is 3.38. The van der Waals surface area contributed by atoms with E-state index in [9.17, 15) is 4.79 Å². The third kappa shape index (κ3) is 3.86. The third-order valence-corrected chi connectivity index (χ3v) is 5.80. The number of methoxy groups -OCH3 is 1. The lowest BCUT2D eigenvalue weighted by Crippen LogP contribution is -2.26. The standard InChI is InChI=1S/C23H27N5O3/c1-4-18(29)28-10-9-16(13-28)21-19(20-22(24)25-14-26-23(20)27(21)2)15-5-7-17(8-6-15)31-12-11-30-3/h4-8,14,16H,1,9-13H2,2-3H3,(H2,24,25,26). The molecule has 1 unspecified atom stereocenters. The number of anilines is 1. The van der Waals surface area contributed by atoms with Crippen LogP contribution in [0.1, 0.15) is 18.0 Å². The Balaban J connectivity index is 1.78. The average molecular weight is 422 g/mol. The van der Waals surface area contributed by atoms with E-state index in [4.69, 9.17) is 15.2 Å². The zero-order valence-corrected chi connectivity index (χ0v) is 17.9. The molecule has 1 fully saturated rings. The number of rotatable bonds is 7. The van der Waals surface area contributed by atoms with Crippen LogP contribution in [-0.4, -0.2) is 58.8 Å². The monoisotopic (exact) mass is 421 g/mol. The second-order valence-corrected chi connectivity index (χ2v) is 7.62. The summed E-state index contributed by atoms with van der Waals surface area (Å²) in [7, 11) is 3.64. The molecule has 0 spiro atoms. The Bertz CT molecular complexity index is 1110. The summed E-state index contributed by atoms with van der Waals surface area (Å²) in [4.78, 5) is 22.7. The predicted molar refractivity (Wildman–Crippen MR) is 120 cm³/mol. The smallest absolute Gasteiger partial charge is 0.245 e. The van der Waals surface area contributed by atoms with Crippen molar-refractivity contribution in [1.29, 1.82) is 0 Å². The van der Waals surface area contributed by atoms with Crippen LogP contribution in [-0.2, 0) is 16.6 Å². The quantitative estimate of drug-likeness (QED) is 0.466. The second kappa shape index (κ2) is 8.77. The van der Waals surface area contributed by atoms with Crippen molar-refractivity contribution in [1.82, 2.24) is 19.4 Å². The molecule has 2 N–H and O–H groups in total. The van der Waals surface area contributed by atoms with E-state index < -0.39 is 0 Å². The van der Waals surface area contributed by atoms with Gasteiger partial charge in [-0.1, -0.05) is 18.7 Å². The van der Waals surface area contributed by atoms with E-state index in [0.29, 0.717) is 32.1 Å². The third-order valence-electron chi connectivity index (χ3n) is 5.80. The topological polar surface area (TPSA) is 95.5 Å². The van der Waals surface area contributed by atoms with E-state index in [-0.39, 0.29) is 11.8 Å². The highest BCUT2D eigenvalue weighted by Gasteiger charge is 2.32. The largest absolute Gasteiger partial charge is 0.491 e. The second-order valence-electron chi connectivity index (χ2n) is 7.62. The summed E-state index contributed by atoms with van der Waals surface area (Å²) in [5.41, 5.74) is 10.2. The number of hydrogen-bond donors (Lipinski definition) is 1. The summed E-state index contributed by atoms with van der Waals surface area (Å²) >= 11 is 0. The molecule has 1 saturated heterocycles. The van der Waals surface area contributed by atoms with Gasteiger partial charge in [-0.15, -0.1) is 0 Å². The van der Waals surface area contributed by atoms with Crippen molar-refractivity contribution in [2.45, 2.75) is 12.3 Å². The van der Waals surface area contributed by atoms with Gasteiger partial charge in [0.25, 0.3) is 0 Å². The minimum absolute atomic E-state index is 0.0420. The summed E-state index contributed by atoms with van der Waals surface area (Å²) in [5.74, 6) is 1.34. The Morgan fingerprint density at radius 2 is 2.06 bits per heavy atom. The normalized spacial score (nSPS) is 16.1. The Morgan fingerprint density at radius 3 is 2.77 bits per heavy atom. The van der Waals surface area contributed by atoms with Gasteiger partial charge in [-0.25, -0.2) is 9.97 Å². The maximum atomic E-state index is 12.1. The van der Waals surface area contributed by atoms with E-state index in [0.717, 1.165) is 40.0 Å². The van der Waals surface area contributed by atoms with Gasteiger partial charge in [-0.3, -0.25) is 4.79 Å². The molecule has 0 radical (unpaired) electrons. The number of amides is 1. The Kier molecular flexibility index (Phi) is 5.90. The number of nitrogens with zero attached hydrogens (tertiary/aromatic N) is 4. The number of carbonyl (C=O) groups excluding carboxylic acids is 1. The molecule has 0 saturated carbocycles. The molecule has 0 bridgehead atoms. The van der Waals surface area contributed by atoms with Gasteiger partial charge < -0.3 is 24.7 Å². The molecule has 162 valence electrons. The fourth-order valence-corrected chi connectivity index (χ4v) is 4.34. The van der Waals surface area contributed by atoms with Gasteiger partial charge in [0.15, 0.2) is 0 Å². The number of aromatic nitrogens is 3. The first kappa shape index (κ1) is 20.9. The zero-order chi connectivity index (χ0) is 22.0. The fourth-order valence-electron chi connectivity index (χ4n) is 4.34. The Labute approximate surface area is 181 Å². The van der Waals surface area contributed by atoms with Crippen LogP contribution < -0.4 is 10.5 Å².